The Morgan fingerprint density at radius 3 is 1.22 bits per heavy atom. The molecule has 0 aliphatic rings. The second-order valence-corrected chi connectivity index (χ2v) is 10.3. The van der Waals surface area contributed by atoms with E-state index in [0.29, 0.717) is 5.88 Å². The van der Waals surface area contributed by atoms with Crippen LogP contribution in [0, 0.1) is 0 Å². The molecular weight excluding hydrogens is 408 g/mol. The number of halogens is 1. The van der Waals surface area contributed by atoms with E-state index in [9.17, 15) is 0 Å². The number of hydrogen-bond donors (Lipinski definition) is 0. The lowest BCUT2D eigenvalue weighted by Crippen LogP contribution is -2.05. The molecule has 1 aromatic carbocycles. The number of alkyl halides is 1. The van der Waals surface area contributed by atoms with E-state index >= 15 is 0 Å². The van der Waals surface area contributed by atoms with Gasteiger partial charge in [-0.3, -0.25) is 0 Å². The van der Waals surface area contributed by atoms with Crippen molar-refractivity contribution in [2.24, 2.45) is 0 Å². The summed E-state index contributed by atoms with van der Waals surface area (Å²) in [6.07, 6.45) is 28.6. The summed E-state index contributed by atoms with van der Waals surface area (Å²) in [5, 5.41) is 0. The average Bonchev–Trinajstić information content (AvgIpc) is 2.81. The summed E-state index contributed by atoms with van der Waals surface area (Å²) in [5.74, 6) is 0.673. The maximum Gasteiger partial charge on any atom is 0.0476 e. The Hall–Kier alpha value is -0.490. The first kappa shape index (κ1) is 29.5. The number of unbranched alkanes of at least 4 members (excludes halogenated alkanes) is 15. The SMILES string of the molecule is CCCCCCCCc1ccc(CCl)c(CCCCCCCC)c1CCCCCCCC. The molecule has 0 saturated carbocycles. The van der Waals surface area contributed by atoms with Crippen molar-refractivity contribution >= 4 is 11.6 Å². The molecule has 0 spiro atoms. The molecule has 186 valence electrons. The highest BCUT2D eigenvalue weighted by molar-refractivity contribution is 6.17. The van der Waals surface area contributed by atoms with E-state index in [0.717, 1.165) is 0 Å². The maximum absolute atomic E-state index is 6.43. The van der Waals surface area contributed by atoms with E-state index in [1.165, 1.54) is 140 Å². The second kappa shape index (κ2) is 21.1. The van der Waals surface area contributed by atoms with Crippen molar-refractivity contribution in [3.63, 3.8) is 0 Å². The summed E-state index contributed by atoms with van der Waals surface area (Å²) in [6, 6.07) is 4.79. The standard InChI is InChI=1S/C31H55Cl/c1-4-7-10-13-16-19-22-28-25-26-29(27-32)31(24-21-18-15-12-9-6-3)30(28)23-20-17-14-11-8-5-2/h25-26H,4-24,27H2,1-3H3. The lowest BCUT2D eigenvalue weighted by molar-refractivity contribution is 0.592. The Kier molecular flexibility index (Phi) is 19.5. The molecule has 0 N–H and O–H groups in total. The molecule has 0 aromatic heterocycles. The lowest BCUT2D eigenvalue weighted by Gasteiger charge is -2.19. The fourth-order valence-corrected chi connectivity index (χ4v) is 5.28. The molecule has 0 saturated heterocycles. The normalized spacial score (nSPS) is 11.4. The van der Waals surface area contributed by atoms with Crippen molar-refractivity contribution < 1.29 is 0 Å². The van der Waals surface area contributed by atoms with Gasteiger partial charge >= 0.3 is 0 Å². The topological polar surface area (TPSA) is 0 Å². The van der Waals surface area contributed by atoms with Crippen LogP contribution in [0.25, 0.3) is 0 Å². The van der Waals surface area contributed by atoms with Gasteiger partial charge in [0.25, 0.3) is 0 Å². The summed E-state index contributed by atoms with van der Waals surface area (Å²) in [4.78, 5) is 0. The molecule has 0 nitrogen and oxygen atoms in total. The van der Waals surface area contributed by atoms with Crippen molar-refractivity contribution in [1.82, 2.24) is 0 Å². The van der Waals surface area contributed by atoms with E-state index < -0.39 is 0 Å². The average molecular weight is 463 g/mol. The zero-order valence-electron chi connectivity index (χ0n) is 22.1. The zero-order valence-corrected chi connectivity index (χ0v) is 22.8. The van der Waals surface area contributed by atoms with Crippen LogP contribution in [0.3, 0.4) is 0 Å². The van der Waals surface area contributed by atoms with Crippen LogP contribution < -0.4 is 0 Å². The van der Waals surface area contributed by atoms with E-state index in [4.69, 9.17) is 11.6 Å². The molecule has 0 fully saturated rings. The molecular formula is C31H55Cl. The largest absolute Gasteiger partial charge is 0.122 e. The van der Waals surface area contributed by atoms with Crippen LogP contribution in [-0.4, -0.2) is 0 Å². The van der Waals surface area contributed by atoms with Gasteiger partial charge in [0, 0.05) is 5.88 Å². The van der Waals surface area contributed by atoms with Gasteiger partial charge in [-0.2, -0.15) is 0 Å². The first-order valence-corrected chi connectivity index (χ1v) is 15.0. The first-order valence-electron chi connectivity index (χ1n) is 14.5. The number of aryl methyl sites for hydroxylation is 1. The van der Waals surface area contributed by atoms with Gasteiger partial charge in [0.1, 0.15) is 0 Å². The van der Waals surface area contributed by atoms with E-state index in [2.05, 4.69) is 32.9 Å². The van der Waals surface area contributed by atoms with Crippen LogP contribution in [0.15, 0.2) is 12.1 Å². The molecule has 0 atom stereocenters. The van der Waals surface area contributed by atoms with Gasteiger partial charge in [0.2, 0.25) is 0 Å². The van der Waals surface area contributed by atoms with E-state index in [1.54, 1.807) is 16.7 Å². The third kappa shape index (κ3) is 13.3. The highest BCUT2D eigenvalue weighted by Crippen LogP contribution is 2.27. The molecule has 0 radical (unpaired) electrons. The minimum absolute atomic E-state index is 0.673. The summed E-state index contributed by atoms with van der Waals surface area (Å²) in [5.41, 5.74) is 6.38. The monoisotopic (exact) mass is 462 g/mol. The summed E-state index contributed by atoms with van der Waals surface area (Å²) in [6.45, 7) is 6.91. The molecule has 0 unspecified atom stereocenters. The van der Waals surface area contributed by atoms with Crippen LogP contribution in [0.1, 0.15) is 159 Å². The molecule has 0 aliphatic carbocycles. The predicted molar refractivity (Wildman–Crippen MR) is 147 cm³/mol. The molecule has 0 bridgehead atoms. The van der Waals surface area contributed by atoms with Gasteiger partial charge in [-0.25, -0.2) is 0 Å². The maximum atomic E-state index is 6.43. The Morgan fingerprint density at radius 2 is 0.781 bits per heavy atom. The molecule has 1 heteroatoms. The Bertz CT molecular complexity index is 548. The molecule has 1 aromatic rings. The fraction of sp³-hybridized carbons (Fsp3) is 0.806. The van der Waals surface area contributed by atoms with Gasteiger partial charge in [0.15, 0.2) is 0 Å². The highest BCUT2D eigenvalue weighted by Gasteiger charge is 2.13. The van der Waals surface area contributed by atoms with E-state index in [1.807, 2.05) is 0 Å². The van der Waals surface area contributed by atoms with Crippen LogP contribution in [0.2, 0.25) is 0 Å². The minimum atomic E-state index is 0.673. The molecule has 0 heterocycles. The summed E-state index contributed by atoms with van der Waals surface area (Å²) in [7, 11) is 0. The van der Waals surface area contributed by atoms with E-state index in [-0.39, 0.29) is 0 Å². The van der Waals surface area contributed by atoms with Gasteiger partial charge in [-0.05, 0) is 60.8 Å². The first-order chi connectivity index (χ1) is 15.8. The van der Waals surface area contributed by atoms with Crippen LogP contribution in [0.4, 0.5) is 0 Å². The quantitative estimate of drug-likeness (QED) is 0.119. The van der Waals surface area contributed by atoms with Gasteiger partial charge in [-0.1, -0.05) is 129 Å². The summed E-state index contributed by atoms with van der Waals surface area (Å²) < 4.78 is 0. The number of hydrogen-bond acceptors (Lipinski definition) is 0. The Balaban J connectivity index is 2.76. The Morgan fingerprint density at radius 1 is 0.438 bits per heavy atom. The van der Waals surface area contributed by atoms with Crippen LogP contribution >= 0.6 is 11.6 Å². The van der Waals surface area contributed by atoms with Gasteiger partial charge in [-0.15, -0.1) is 11.6 Å². The van der Waals surface area contributed by atoms with Crippen molar-refractivity contribution in [2.45, 2.75) is 161 Å². The van der Waals surface area contributed by atoms with Crippen molar-refractivity contribution in [3.8, 4) is 0 Å². The van der Waals surface area contributed by atoms with Gasteiger partial charge in [0.05, 0.1) is 0 Å². The second-order valence-electron chi connectivity index (χ2n) is 10.0. The Labute approximate surface area is 207 Å². The van der Waals surface area contributed by atoms with Gasteiger partial charge < -0.3 is 0 Å². The molecule has 0 amide bonds. The highest BCUT2D eigenvalue weighted by atomic mass is 35.5. The smallest absolute Gasteiger partial charge is 0.0476 e. The van der Waals surface area contributed by atoms with Crippen molar-refractivity contribution in [1.29, 1.82) is 0 Å². The third-order valence-corrected chi connectivity index (χ3v) is 7.42. The van der Waals surface area contributed by atoms with Crippen molar-refractivity contribution in [3.05, 3.63) is 34.4 Å². The molecule has 0 aliphatic heterocycles. The number of benzene rings is 1. The lowest BCUT2D eigenvalue weighted by atomic mass is 9.87. The predicted octanol–water partition coefficient (Wildman–Crippen LogP) is 11.1. The molecule has 32 heavy (non-hydrogen) atoms. The number of rotatable bonds is 22. The fourth-order valence-electron chi connectivity index (χ4n) is 5.03. The van der Waals surface area contributed by atoms with Crippen LogP contribution in [-0.2, 0) is 25.1 Å². The van der Waals surface area contributed by atoms with Crippen LogP contribution in [0.5, 0.6) is 0 Å². The summed E-state index contributed by atoms with van der Waals surface area (Å²) >= 11 is 6.43. The zero-order chi connectivity index (χ0) is 23.3. The third-order valence-electron chi connectivity index (χ3n) is 7.13. The molecule has 1 rings (SSSR count). The minimum Gasteiger partial charge on any atom is -0.122 e. The van der Waals surface area contributed by atoms with Crippen molar-refractivity contribution in [2.75, 3.05) is 0 Å².